The van der Waals surface area contributed by atoms with Gasteiger partial charge in [-0.1, -0.05) is 42.5 Å². The topological polar surface area (TPSA) is 59.8 Å². The van der Waals surface area contributed by atoms with Gasteiger partial charge >= 0.3 is 0 Å². The van der Waals surface area contributed by atoms with E-state index in [4.69, 9.17) is 13.9 Å². The minimum atomic E-state index is -0.431. The summed E-state index contributed by atoms with van der Waals surface area (Å²) in [5.74, 6) is 0.0702. The Morgan fingerprint density at radius 1 is 0.972 bits per heavy atom. The molecule has 1 fully saturated rings. The fourth-order valence-corrected chi connectivity index (χ4v) is 4.76. The fraction of sp³-hybridized carbons (Fsp3) is 0.345. The van der Waals surface area contributed by atoms with Crippen molar-refractivity contribution >= 4 is 17.1 Å². The lowest BCUT2D eigenvalue weighted by molar-refractivity contribution is 0.209. The lowest BCUT2D eigenvalue weighted by atomic mass is 10.0. The maximum atomic E-state index is 14.6. The number of para-hydroxylation sites is 1. The second-order valence-electron chi connectivity index (χ2n) is 9.01. The summed E-state index contributed by atoms with van der Waals surface area (Å²) < 4.78 is 31.7. The van der Waals surface area contributed by atoms with Gasteiger partial charge in [0.05, 0.1) is 13.2 Å². The van der Waals surface area contributed by atoms with Gasteiger partial charge in [-0.3, -0.25) is 4.90 Å². The molecule has 3 aromatic carbocycles. The third kappa shape index (κ3) is 5.31. The highest BCUT2D eigenvalue weighted by molar-refractivity contribution is 5.91. The molecule has 188 valence electrons. The minimum absolute atomic E-state index is 0.251. The molecule has 1 N–H and O–H groups in total. The molecular formula is C29H32FN3O3. The van der Waals surface area contributed by atoms with Crippen LogP contribution in [0, 0.1) is 5.82 Å². The lowest BCUT2D eigenvalue weighted by Gasteiger charge is -2.32. The number of aromatic nitrogens is 1. The molecule has 1 saturated heterocycles. The average molecular weight is 490 g/mol. The van der Waals surface area contributed by atoms with E-state index in [0.717, 1.165) is 60.3 Å². The zero-order chi connectivity index (χ0) is 24.9. The molecule has 0 aliphatic carbocycles. The van der Waals surface area contributed by atoms with Gasteiger partial charge in [0, 0.05) is 31.2 Å². The number of likely N-dealkylation sites (tertiary alicyclic amines) is 1. The van der Waals surface area contributed by atoms with E-state index in [0.29, 0.717) is 19.2 Å². The van der Waals surface area contributed by atoms with Crippen LogP contribution in [0.15, 0.2) is 65.1 Å². The molecule has 1 aliphatic rings. The molecule has 0 saturated carbocycles. The monoisotopic (exact) mass is 489 g/mol. The number of rotatable bonds is 9. The van der Waals surface area contributed by atoms with E-state index in [1.54, 1.807) is 12.1 Å². The van der Waals surface area contributed by atoms with E-state index in [1.165, 1.54) is 0 Å². The predicted octanol–water partition coefficient (Wildman–Crippen LogP) is 6.51. The summed E-state index contributed by atoms with van der Waals surface area (Å²) in [7, 11) is 0. The number of ether oxygens (including phenoxy) is 2. The summed E-state index contributed by atoms with van der Waals surface area (Å²) in [6.07, 6.45) is 1.92. The van der Waals surface area contributed by atoms with Gasteiger partial charge in [0.15, 0.2) is 17.1 Å². The number of piperidine rings is 1. The second kappa shape index (κ2) is 11.0. The van der Waals surface area contributed by atoms with Crippen LogP contribution in [0.5, 0.6) is 11.5 Å². The number of fused-ring (bicyclic) bond motifs is 1. The number of anilines is 1. The van der Waals surface area contributed by atoms with Crippen molar-refractivity contribution in [2.45, 2.75) is 39.3 Å². The van der Waals surface area contributed by atoms with Crippen molar-refractivity contribution in [3.63, 3.8) is 0 Å². The molecule has 0 radical (unpaired) electrons. The molecule has 5 rings (SSSR count). The number of nitrogens with zero attached hydrogens (tertiary/aromatic N) is 2. The van der Waals surface area contributed by atoms with Gasteiger partial charge in [0.1, 0.15) is 5.52 Å². The van der Waals surface area contributed by atoms with Crippen LogP contribution in [0.3, 0.4) is 0 Å². The number of hydrogen-bond donors (Lipinski definition) is 1. The Balaban J connectivity index is 1.23. The molecule has 1 aromatic heterocycles. The van der Waals surface area contributed by atoms with E-state index in [1.807, 2.05) is 44.2 Å². The molecule has 4 aromatic rings. The Kier molecular flexibility index (Phi) is 7.37. The first-order valence-electron chi connectivity index (χ1n) is 12.7. The van der Waals surface area contributed by atoms with Gasteiger partial charge in [0.25, 0.3) is 6.01 Å². The Morgan fingerprint density at radius 2 is 1.67 bits per heavy atom. The summed E-state index contributed by atoms with van der Waals surface area (Å²) in [6, 6.07) is 20.7. The van der Waals surface area contributed by atoms with E-state index < -0.39 is 5.82 Å². The minimum Gasteiger partial charge on any atom is -0.491 e. The van der Waals surface area contributed by atoms with E-state index in [2.05, 4.69) is 33.4 Å². The number of hydrogen-bond acceptors (Lipinski definition) is 6. The second-order valence-corrected chi connectivity index (χ2v) is 9.01. The predicted molar refractivity (Wildman–Crippen MR) is 140 cm³/mol. The molecule has 0 atom stereocenters. The molecule has 7 heteroatoms. The summed E-state index contributed by atoms with van der Waals surface area (Å²) in [4.78, 5) is 7.06. The first-order chi connectivity index (χ1) is 17.6. The lowest BCUT2D eigenvalue weighted by Crippen LogP contribution is -2.38. The van der Waals surface area contributed by atoms with Crippen LogP contribution in [0.4, 0.5) is 10.4 Å². The highest BCUT2D eigenvalue weighted by atomic mass is 19.1. The molecule has 2 heterocycles. The highest BCUT2D eigenvalue weighted by Crippen LogP contribution is 2.32. The van der Waals surface area contributed by atoms with Crippen molar-refractivity contribution in [2.24, 2.45) is 0 Å². The first kappa shape index (κ1) is 24.1. The van der Waals surface area contributed by atoms with Crippen molar-refractivity contribution in [2.75, 3.05) is 31.6 Å². The zero-order valence-corrected chi connectivity index (χ0v) is 20.8. The van der Waals surface area contributed by atoms with Crippen LogP contribution in [-0.2, 0) is 6.54 Å². The van der Waals surface area contributed by atoms with Crippen molar-refractivity contribution in [1.82, 2.24) is 9.88 Å². The van der Waals surface area contributed by atoms with Crippen molar-refractivity contribution < 1.29 is 18.3 Å². The van der Waals surface area contributed by atoms with Gasteiger partial charge in [-0.2, -0.15) is 9.37 Å². The SMILES string of the molecule is CCOc1cc(CN2CCC(Nc3nc4cccc(-c5ccccc5)c4o3)CC2)cc(OCC)c1F. The van der Waals surface area contributed by atoms with Crippen molar-refractivity contribution in [3.8, 4) is 22.6 Å². The third-order valence-electron chi connectivity index (χ3n) is 6.49. The van der Waals surface area contributed by atoms with Gasteiger partial charge in [-0.05, 0) is 56.0 Å². The molecular weight excluding hydrogens is 457 g/mol. The van der Waals surface area contributed by atoms with Crippen molar-refractivity contribution in [3.05, 3.63) is 72.0 Å². The Labute approximate surface area is 211 Å². The maximum Gasteiger partial charge on any atom is 0.295 e. The quantitative estimate of drug-likeness (QED) is 0.289. The molecule has 0 unspecified atom stereocenters. The summed E-state index contributed by atoms with van der Waals surface area (Å²) in [5, 5.41) is 3.50. The highest BCUT2D eigenvalue weighted by Gasteiger charge is 2.22. The van der Waals surface area contributed by atoms with Crippen LogP contribution >= 0.6 is 0 Å². The van der Waals surface area contributed by atoms with E-state index >= 15 is 0 Å². The molecule has 6 nitrogen and oxygen atoms in total. The van der Waals surface area contributed by atoms with Gasteiger partial charge in [-0.25, -0.2) is 0 Å². The number of nitrogens with one attached hydrogen (secondary N) is 1. The van der Waals surface area contributed by atoms with Crippen LogP contribution in [0.25, 0.3) is 22.2 Å². The molecule has 0 amide bonds. The molecule has 0 bridgehead atoms. The standard InChI is InChI=1S/C29H32FN3O3/c1-3-34-25-17-20(18-26(27(25)30)35-4-2)19-33-15-13-22(14-16-33)31-29-32-24-12-8-11-23(28(24)36-29)21-9-6-5-7-10-21/h5-12,17-18,22H,3-4,13-16,19H2,1-2H3,(H,31,32). The fourth-order valence-electron chi connectivity index (χ4n) is 4.76. The van der Waals surface area contributed by atoms with Crippen LogP contribution in [-0.4, -0.2) is 42.2 Å². The number of benzene rings is 3. The Morgan fingerprint density at radius 3 is 2.33 bits per heavy atom. The first-order valence-corrected chi connectivity index (χ1v) is 12.7. The zero-order valence-electron chi connectivity index (χ0n) is 20.8. The maximum absolute atomic E-state index is 14.6. The normalized spacial score (nSPS) is 14.8. The number of halogens is 1. The van der Waals surface area contributed by atoms with E-state index in [9.17, 15) is 4.39 Å². The smallest absolute Gasteiger partial charge is 0.295 e. The Hall–Kier alpha value is -3.58. The van der Waals surface area contributed by atoms with Crippen LogP contribution in [0.2, 0.25) is 0 Å². The Bertz CT molecular complexity index is 1270. The van der Waals surface area contributed by atoms with Gasteiger partial charge in [-0.15, -0.1) is 0 Å². The molecule has 0 spiro atoms. The summed E-state index contributed by atoms with van der Waals surface area (Å²) >= 11 is 0. The molecule has 36 heavy (non-hydrogen) atoms. The average Bonchev–Trinajstić information content (AvgIpc) is 3.31. The van der Waals surface area contributed by atoms with E-state index in [-0.39, 0.29) is 17.5 Å². The van der Waals surface area contributed by atoms with Gasteiger partial charge < -0.3 is 19.2 Å². The van der Waals surface area contributed by atoms with Gasteiger partial charge in [0.2, 0.25) is 5.82 Å². The van der Waals surface area contributed by atoms with Crippen LogP contribution < -0.4 is 14.8 Å². The number of oxazole rings is 1. The largest absolute Gasteiger partial charge is 0.491 e. The summed E-state index contributed by atoms with van der Waals surface area (Å²) in [6.45, 7) is 7.07. The molecule has 1 aliphatic heterocycles. The third-order valence-corrected chi connectivity index (χ3v) is 6.49. The van der Waals surface area contributed by atoms with Crippen LogP contribution in [0.1, 0.15) is 32.3 Å². The summed E-state index contributed by atoms with van der Waals surface area (Å²) in [5.41, 5.74) is 4.79. The van der Waals surface area contributed by atoms with Crippen molar-refractivity contribution in [1.29, 1.82) is 0 Å².